The summed E-state index contributed by atoms with van der Waals surface area (Å²) >= 11 is 3.36. The van der Waals surface area contributed by atoms with Gasteiger partial charge in [0.15, 0.2) is 0 Å². The fourth-order valence-corrected chi connectivity index (χ4v) is 2.87. The molecule has 6 heteroatoms. The molecule has 128 valence electrons. The van der Waals surface area contributed by atoms with Crippen LogP contribution in [-0.4, -0.2) is 29.9 Å². The Hall–Kier alpha value is -2.60. The Bertz CT molecular complexity index is 944. The number of nitrogens with zero attached hydrogens (tertiary/aromatic N) is 1. The standard InChI is InChI=1S/C19H16BrNO4/c1-3-25-19(23)15-11-17(18(22)12-4-6-13(20)7-5-12)21-9-8-14(24-2)10-16(15)21/h4-11H,3H2,1-2H3. The fourth-order valence-electron chi connectivity index (χ4n) is 2.60. The molecule has 0 saturated carbocycles. The lowest BCUT2D eigenvalue weighted by Gasteiger charge is -2.05. The zero-order valence-electron chi connectivity index (χ0n) is 13.8. The van der Waals surface area contributed by atoms with Gasteiger partial charge >= 0.3 is 5.97 Å². The van der Waals surface area contributed by atoms with Crippen molar-refractivity contribution >= 4 is 33.2 Å². The number of carbonyl (C=O) groups excluding carboxylic acids is 2. The first-order valence-electron chi connectivity index (χ1n) is 7.71. The van der Waals surface area contributed by atoms with Crippen LogP contribution in [0.2, 0.25) is 0 Å². The molecule has 5 nitrogen and oxygen atoms in total. The molecule has 25 heavy (non-hydrogen) atoms. The van der Waals surface area contributed by atoms with E-state index in [0.29, 0.717) is 28.1 Å². The number of aromatic nitrogens is 1. The Morgan fingerprint density at radius 3 is 2.48 bits per heavy atom. The summed E-state index contributed by atoms with van der Waals surface area (Å²) in [5.41, 5.74) is 1.83. The van der Waals surface area contributed by atoms with Crippen LogP contribution in [0.4, 0.5) is 0 Å². The number of rotatable bonds is 5. The summed E-state index contributed by atoms with van der Waals surface area (Å²) in [7, 11) is 1.55. The second-order valence-electron chi connectivity index (χ2n) is 5.32. The minimum atomic E-state index is -0.469. The molecule has 0 N–H and O–H groups in total. The molecule has 2 aromatic heterocycles. The third-order valence-corrected chi connectivity index (χ3v) is 4.34. The topological polar surface area (TPSA) is 57.0 Å². The summed E-state index contributed by atoms with van der Waals surface area (Å²) in [6, 6.07) is 12.1. The number of carbonyl (C=O) groups is 2. The van der Waals surface area contributed by atoms with Gasteiger partial charge in [-0.1, -0.05) is 15.9 Å². The van der Waals surface area contributed by atoms with Crippen molar-refractivity contribution in [1.29, 1.82) is 0 Å². The van der Waals surface area contributed by atoms with E-state index < -0.39 is 5.97 Å². The summed E-state index contributed by atoms with van der Waals surface area (Å²) in [6.45, 7) is 2.00. The predicted molar refractivity (Wildman–Crippen MR) is 97.5 cm³/mol. The van der Waals surface area contributed by atoms with Gasteiger partial charge in [0, 0.05) is 22.3 Å². The maximum atomic E-state index is 12.9. The van der Waals surface area contributed by atoms with E-state index >= 15 is 0 Å². The average Bonchev–Trinajstić information content (AvgIpc) is 3.00. The molecule has 1 aromatic carbocycles. The number of benzene rings is 1. The highest BCUT2D eigenvalue weighted by molar-refractivity contribution is 9.10. The van der Waals surface area contributed by atoms with Gasteiger partial charge < -0.3 is 13.9 Å². The number of hydrogen-bond donors (Lipinski definition) is 0. The molecule has 0 aliphatic rings. The van der Waals surface area contributed by atoms with Crippen LogP contribution >= 0.6 is 15.9 Å². The number of pyridine rings is 1. The lowest BCUT2D eigenvalue weighted by Crippen LogP contribution is -2.04. The van der Waals surface area contributed by atoms with Crippen molar-refractivity contribution in [3.05, 3.63) is 70.0 Å². The highest BCUT2D eigenvalue weighted by atomic mass is 79.9. The van der Waals surface area contributed by atoms with Crippen molar-refractivity contribution in [2.24, 2.45) is 0 Å². The van der Waals surface area contributed by atoms with Crippen LogP contribution in [0.5, 0.6) is 5.75 Å². The van der Waals surface area contributed by atoms with Crippen molar-refractivity contribution in [2.45, 2.75) is 6.92 Å². The van der Waals surface area contributed by atoms with Crippen LogP contribution in [0, 0.1) is 0 Å². The lowest BCUT2D eigenvalue weighted by molar-refractivity contribution is 0.0529. The van der Waals surface area contributed by atoms with Crippen LogP contribution in [0.25, 0.3) is 5.52 Å². The monoisotopic (exact) mass is 401 g/mol. The molecule has 3 rings (SSSR count). The number of esters is 1. The van der Waals surface area contributed by atoms with Gasteiger partial charge in [0.1, 0.15) is 5.75 Å². The molecule has 0 radical (unpaired) electrons. The normalized spacial score (nSPS) is 10.7. The highest BCUT2D eigenvalue weighted by Crippen LogP contribution is 2.25. The average molecular weight is 402 g/mol. The van der Waals surface area contributed by atoms with Gasteiger partial charge in [0.05, 0.1) is 30.5 Å². The van der Waals surface area contributed by atoms with Gasteiger partial charge in [-0.25, -0.2) is 4.79 Å². The Kier molecular flexibility index (Phi) is 4.90. The number of methoxy groups -OCH3 is 1. The van der Waals surface area contributed by atoms with Gasteiger partial charge in [0.25, 0.3) is 0 Å². The van der Waals surface area contributed by atoms with Crippen molar-refractivity contribution < 1.29 is 19.1 Å². The number of fused-ring (bicyclic) bond motifs is 1. The van der Waals surface area contributed by atoms with Crippen molar-refractivity contribution in [3.8, 4) is 5.75 Å². The zero-order valence-corrected chi connectivity index (χ0v) is 15.4. The largest absolute Gasteiger partial charge is 0.497 e. The van der Waals surface area contributed by atoms with E-state index in [4.69, 9.17) is 9.47 Å². The Labute approximate surface area is 153 Å². The molecule has 0 fully saturated rings. The van der Waals surface area contributed by atoms with Gasteiger partial charge in [-0.05, 0) is 43.3 Å². The molecule has 0 aliphatic heterocycles. The fraction of sp³-hybridized carbons (Fsp3) is 0.158. The minimum Gasteiger partial charge on any atom is -0.497 e. The second kappa shape index (κ2) is 7.11. The Morgan fingerprint density at radius 2 is 1.84 bits per heavy atom. The summed E-state index contributed by atoms with van der Waals surface area (Å²) in [6.07, 6.45) is 1.71. The first-order valence-corrected chi connectivity index (χ1v) is 8.51. The predicted octanol–water partition coefficient (Wildman–Crippen LogP) is 4.12. The van der Waals surface area contributed by atoms with E-state index in [9.17, 15) is 9.59 Å². The molecule has 0 amide bonds. The summed E-state index contributed by atoms with van der Waals surface area (Å²) < 4.78 is 12.9. The summed E-state index contributed by atoms with van der Waals surface area (Å²) in [5.74, 6) is -0.0508. The molecular weight excluding hydrogens is 386 g/mol. The van der Waals surface area contributed by atoms with E-state index in [-0.39, 0.29) is 12.4 Å². The van der Waals surface area contributed by atoms with Gasteiger partial charge in [-0.15, -0.1) is 0 Å². The number of halogens is 1. The summed E-state index contributed by atoms with van der Waals surface area (Å²) in [5, 5.41) is 0. The number of ketones is 1. The molecular formula is C19H16BrNO4. The maximum absolute atomic E-state index is 12.9. The van der Waals surface area contributed by atoms with Crippen LogP contribution in [0.15, 0.2) is 53.1 Å². The van der Waals surface area contributed by atoms with Gasteiger partial charge in [-0.2, -0.15) is 0 Å². The first-order chi connectivity index (χ1) is 12.0. The van der Waals surface area contributed by atoms with E-state index in [2.05, 4.69) is 15.9 Å². The van der Waals surface area contributed by atoms with E-state index in [1.165, 1.54) is 0 Å². The van der Waals surface area contributed by atoms with Crippen molar-refractivity contribution in [1.82, 2.24) is 4.40 Å². The van der Waals surface area contributed by atoms with Crippen LogP contribution in [0.3, 0.4) is 0 Å². The highest BCUT2D eigenvalue weighted by Gasteiger charge is 2.21. The lowest BCUT2D eigenvalue weighted by atomic mass is 10.1. The molecule has 2 heterocycles. The third kappa shape index (κ3) is 3.30. The van der Waals surface area contributed by atoms with Gasteiger partial charge in [-0.3, -0.25) is 4.79 Å². The number of hydrogen-bond acceptors (Lipinski definition) is 4. The quantitative estimate of drug-likeness (QED) is 0.476. The molecule has 0 unspecified atom stereocenters. The molecule has 0 saturated heterocycles. The SMILES string of the molecule is CCOC(=O)c1cc(C(=O)c2ccc(Br)cc2)n2ccc(OC)cc12. The Morgan fingerprint density at radius 1 is 1.12 bits per heavy atom. The molecule has 0 atom stereocenters. The zero-order chi connectivity index (χ0) is 18.0. The van der Waals surface area contributed by atoms with Gasteiger partial charge in [0.2, 0.25) is 5.78 Å². The molecule has 0 aliphatic carbocycles. The first kappa shape index (κ1) is 17.2. The van der Waals surface area contributed by atoms with Crippen molar-refractivity contribution in [3.63, 3.8) is 0 Å². The number of ether oxygens (including phenoxy) is 2. The molecule has 3 aromatic rings. The van der Waals surface area contributed by atoms with E-state index in [1.807, 2.05) is 0 Å². The third-order valence-electron chi connectivity index (χ3n) is 3.81. The molecule has 0 spiro atoms. The minimum absolute atomic E-state index is 0.178. The van der Waals surface area contributed by atoms with Crippen LogP contribution < -0.4 is 4.74 Å². The van der Waals surface area contributed by atoms with Crippen LogP contribution in [0.1, 0.15) is 33.3 Å². The second-order valence-corrected chi connectivity index (χ2v) is 6.24. The smallest absolute Gasteiger partial charge is 0.340 e. The van der Waals surface area contributed by atoms with E-state index in [1.54, 1.807) is 67.1 Å². The van der Waals surface area contributed by atoms with Crippen molar-refractivity contribution in [2.75, 3.05) is 13.7 Å². The summed E-state index contributed by atoms with van der Waals surface area (Å²) in [4.78, 5) is 25.2. The van der Waals surface area contributed by atoms with E-state index in [0.717, 1.165) is 4.47 Å². The molecule has 0 bridgehead atoms. The van der Waals surface area contributed by atoms with Crippen LogP contribution in [-0.2, 0) is 4.74 Å². The Balaban J connectivity index is 2.16. The maximum Gasteiger partial charge on any atom is 0.340 e.